The first-order valence-corrected chi connectivity index (χ1v) is 6.62. The molecule has 0 N–H and O–H groups in total. The van der Waals surface area contributed by atoms with Crippen molar-refractivity contribution in [2.45, 2.75) is 17.3 Å². The molecule has 0 aromatic heterocycles. The van der Waals surface area contributed by atoms with Gasteiger partial charge in [-0.2, -0.15) is 0 Å². The lowest BCUT2D eigenvalue weighted by molar-refractivity contribution is 0.281. The highest BCUT2D eigenvalue weighted by molar-refractivity contribution is 6.50. The second kappa shape index (κ2) is 5.43. The van der Waals surface area contributed by atoms with E-state index in [-0.39, 0.29) is 0 Å². The van der Waals surface area contributed by atoms with Gasteiger partial charge in [0.15, 0.2) is 0 Å². The average Bonchev–Trinajstić information content (AvgIpc) is 2.87. The van der Waals surface area contributed by atoms with Crippen LogP contribution in [0.3, 0.4) is 0 Å². The molecule has 3 heteroatoms. The summed E-state index contributed by atoms with van der Waals surface area (Å²) in [7, 11) is 0. The molecule has 1 aromatic carbocycles. The molecule has 92 valence electrons. The zero-order chi connectivity index (χ0) is 12.3. The first kappa shape index (κ1) is 12.9. The molecule has 0 spiro atoms. The fraction of sp³-hybridized carbons (Fsp3) is 0.429. The average molecular weight is 270 g/mol. The molecule has 1 fully saturated rings. The van der Waals surface area contributed by atoms with Gasteiger partial charge in [0.2, 0.25) is 0 Å². The van der Waals surface area contributed by atoms with Crippen molar-refractivity contribution < 1.29 is 0 Å². The highest BCUT2D eigenvalue weighted by Gasteiger charge is 2.51. The Hall–Kier alpha value is -0.500. The van der Waals surface area contributed by atoms with Gasteiger partial charge >= 0.3 is 0 Å². The smallest absolute Gasteiger partial charge is 0.122 e. The van der Waals surface area contributed by atoms with Gasteiger partial charge in [-0.1, -0.05) is 36.4 Å². The topological polar surface area (TPSA) is 3.24 Å². The summed E-state index contributed by atoms with van der Waals surface area (Å²) in [6.45, 7) is 6.53. The maximum absolute atomic E-state index is 6.07. The Morgan fingerprint density at radius 2 is 2.00 bits per heavy atom. The summed E-state index contributed by atoms with van der Waals surface area (Å²) in [5.74, 6) is 0.398. The van der Waals surface area contributed by atoms with E-state index < -0.39 is 4.33 Å². The number of alkyl halides is 2. The molecule has 1 aliphatic carbocycles. The fourth-order valence-corrected chi connectivity index (χ4v) is 2.52. The third-order valence-electron chi connectivity index (χ3n) is 3.07. The fourth-order valence-electron chi connectivity index (χ4n) is 2.01. The van der Waals surface area contributed by atoms with Gasteiger partial charge in [-0.3, -0.25) is 4.90 Å². The Balaban J connectivity index is 1.91. The maximum Gasteiger partial charge on any atom is 0.122 e. The highest BCUT2D eigenvalue weighted by Crippen LogP contribution is 2.53. The molecule has 1 nitrogen and oxygen atoms in total. The van der Waals surface area contributed by atoms with Crippen LogP contribution in [0.4, 0.5) is 0 Å². The van der Waals surface area contributed by atoms with Crippen molar-refractivity contribution in [3.05, 3.63) is 48.6 Å². The van der Waals surface area contributed by atoms with Gasteiger partial charge in [0.05, 0.1) is 0 Å². The van der Waals surface area contributed by atoms with Crippen LogP contribution in [-0.4, -0.2) is 22.3 Å². The SMILES string of the molecule is C=CCN(Cc1ccccc1)CC1CC1(Cl)Cl. The minimum Gasteiger partial charge on any atom is -0.295 e. The standard InChI is InChI=1S/C14H17Cl2N/c1-2-8-17(11-13-9-14(13,15)16)10-12-6-4-3-5-7-12/h2-7,13H,1,8-11H2. The van der Waals surface area contributed by atoms with E-state index in [1.165, 1.54) is 5.56 Å². The number of hydrogen-bond acceptors (Lipinski definition) is 1. The summed E-state index contributed by atoms with van der Waals surface area (Å²) in [6, 6.07) is 10.4. The Morgan fingerprint density at radius 1 is 1.35 bits per heavy atom. The number of nitrogens with zero attached hydrogens (tertiary/aromatic N) is 1. The van der Waals surface area contributed by atoms with Crippen LogP contribution < -0.4 is 0 Å². The van der Waals surface area contributed by atoms with Crippen molar-refractivity contribution in [3.8, 4) is 0 Å². The molecular formula is C14H17Cl2N. The van der Waals surface area contributed by atoms with Crippen LogP contribution in [-0.2, 0) is 6.54 Å². The van der Waals surface area contributed by atoms with Crippen molar-refractivity contribution in [1.29, 1.82) is 0 Å². The Kier molecular flexibility index (Phi) is 4.13. The highest BCUT2D eigenvalue weighted by atomic mass is 35.5. The second-order valence-corrected chi connectivity index (χ2v) is 6.17. The van der Waals surface area contributed by atoms with E-state index in [1.54, 1.807) is 0 Å². The van der Waals surface area contributed by atoms with Gasteiger partial charge in [0.1, 0.15) is 4.33 Å². The van der Waals surface area contributed by atoms with Crippen LogP contribution in [0.1, 0.15) is 12.0 Å². The van der Waals surface area contributed by atoms with Gasteiger partial charge in [-0.25, -0.2) is 0 Å². The number of halogens is 2. The van der Waals surface area contributed by atoms with E-state index in [0.717, 1.165) is 26.1 Å². The van der Waals surface area contributed by atoms with Crippen molar-refractivity contribution in [1.82, 2.24) is 4.90 Å². The van der Waals surface area contributed by atoms with Crippen LogP contribution in [0, 0.1) is 5.92 Å². The molecule has 0 heterocycles. The van der Waals surface area contributed by atoms with Crippen molar-refractivity contribution in [2.75, 3.05) is 13.1 Å². The molecule has 0 saturated heterocycles. The molecule has 1 atom stereocenters. The van der Waals surface area contributed by atoms with E-state index in [4.69, 9.17) is 23.2 Å². The van der Waals surface area contributed by atoms with E-state index in [0.29, 0.717) is 5.92 Å². The molecule has 1 saturated carbocycles. The van der Waals surface area contributed by atoms with E-state index in [9.17, 15) is 0 Å². The van der Waals surface area contributed by atoms with Gasteiger partial charge < -0.3 is 0 Å². The minimum absolute atomic E-state index is 0.398. The largest absolute Gasteiger partial charge is 0.295 e. The summed E-state index contributed by atoms with van der Waals surface area (Å²) >= 11 is 12.1. The first-order chi connectivity index (χ1) is 8.12. The van der Waals surface area contributed by atoms with Gasteiger partial charge in [0.25, 0.3) is 0 Å². The predicted molar refractivity (Wildman–Crippen MR) is 74.5 cm³/mol. The molecule has 17 heavy (non-hydrogen) atoms. The number of hydrogen-bond donors (Lipinski definition) is 0. The molecule has 0 aliphatic heterocycles. The van der Waals surface area contributed by atoms with Gasteiger partial charge in [-0.15, -0.1) is 29.8 Å². The van der Waals surface area contributed by atoms with Gasteiger partial charge in [-0.05, 0) is 12.0 Å². The minimum atomic E-state index is -0.490. The van der Waals surface area contributed by atoms with Crippen LogP contribution in [0.15, 0.2) is 43.0 Å². The number of benzene rings is 1. The summed E-state index contributed by atoms with van der Waals surface area (Å²) in [4.78, 5) is 2.33. The molecule has 1 aliphatic rings. The predicted octanol–water partition coefficient (Wildman–Crippen LogP) is 3.87. The molecule has 0 radical (unpaired) electrons. The molecule has 1 aromatic rings. The van der Waals surface area contributed by atoms with E-state index >= 15 is 0 Å². The van der Waals surface area contributed by atoms with Gasteiger partial charge in [0, 0.05) is 25.6 Å². The third-order valence-corrected chi connectivity index (χ3v) is 4.00. The maximum atomic E-state index is 6.07. The summed E-state index contributed by atoms with van der Waals surface area (Å²) in [5.41, 5.74) is 1.31. The summed E-state index contributed by atoms with van der Waals surface area (Å²) in [5, 5.41) is 0. The summed E-state index contributed by atoms with van der Waals surface area (Å²) < 4.78 is -0.490. The Morgan fingerprint density at radius 3 is 2.53 bits per heavy atom. The zero-order valence-electron chi connectivity index (χ0n) is 9.78. The zero-order valence-corrected chi connectivity index (χ0v) is 11.3. The molecule has 0 bridgehead atoms. The Bertz CT molecular complexity index is 375. The van der Waals surface area contributed by atoms with Crippen LogP contribution in [0.5, 0.6) is 0 Å². The van der Waals surface area contributed by atoms with Crippen molar-refractivity contribution in [2.24, 2.45) is 5.92 Å². The number of rotatable bonds is 6. The summed E-state index contributed by atoms with van der Waals surface area (Å²) in [6.07, 6.45) is 2.83. The van der Waals surface area contributed by atoms with Crippen LogP contribution in [0.2, 0.25) is 0 Å². The van der Waals surface area contributed by atoms with Crippen molar-refractivity contribution >= 4 is 23.2 Å². The lowest BCUT2D eigenvalue weighted by Crippen LogP contribution is -2.26. The van der Waals surface area contributed by atoms with E-state index in [2.05, 4.69) is 35.7 Å². The molecule has 0 amide bonds. The van der Waals surface area contributed by atoms with Crippen molar-refractivity contribution in [3.63, 3.8) is 0 Å². The third kappa shape index (κ3) is 3.74. The quantitative estimate of drug-likeness (QED) is 0.560. The van der Waals surface area contributed by atoms with Crippen LogP contribution in [0.25, 0.3) is 0 Å². The molecule has 1 unspecified atom stereocenters. The van der Waals surface area contributed by atoms with Crippen LogP contribution >= 0.6 is 23.2 Å². The first-order valence-electron chi connectivity index (χ1n) is 5.87. The Labute approximate surface area is 113 Å². The normalized spacial score (nSPS) is 21.5. The molecule has 2 rings (SSSR count). The lowest BCUT2D eigenvalue weighted by atomic mass is 10.2. The molecular weight excluding hydrogens is 253 g/mol. The second-order valence-electron chi connectivity index (χ2n) is 4.63. The lowest BCUT2D eigenvalue weighted by Gasteiger charge is -2.21. The van der Waals surface area contributed by atoms with E-state index in [1.807, 2.05) is 12.1 Å². The monoisotopic (exact) mass is 269 g/mol.